The molecule has 0 saturated heterocycles. The van der Waals surface area contributed by atoms with Crippen molar-refractivity contribution in [2.24, 2.45) is 0 Å². The molecule has 2 aromatic carbocycles. The molecule has 2 N–H and O–H groups in total. The Bertz CT molecular complexity index is 811. The van der Waals surface area contributed by atoms with Gasteiger partial charge < -0.3 is 15.4 Å². The first-order valence-corrected chi connectivity index (χ1v) is 8.02. The van der Waals surface area contributed by atoms with Crippen LogP contribution in [0.15, 0.2) is 48.5 Å². The van der Waals surface area contributed by atoms with E-state index in [9.17, 15) is 18.8 Å². The van der Waals surface area contributed by atoms with E-state index in [1.165, 1.54) is 37.3 Å². The quantitative estimate of drug-likeness (QED) is 0.757. The third kappa shape index (κ3) is 5.56. The Morgan fingerprint density at radius 2 is 1.77 bits per heavy atom. The van der Waals surface area contributed by atoms with E-state index in [-0.39, 0.29) is 5.69 Å². The van der Waals surface area contributed by atoms with Gasteiger partial charge in [-0.15, -0.1) is 0 Å². The molecule has 0 aliphatic rings. The van der Waals surface area contributed by atoms with Gasteiger partial charge in [-0.3, -0.25) is 9.59 Å². The predicted molar refractivity (Wildman–Crippen MR) is 94.4 cm³/mol. The number of carbonyl (C=O) groups excluding carboxylic acids is 3. The number of para-hydroxylation sites is 1. The molecule has 0 heterocycles. The first-order valence-electron chi connectivity index (χ1n) is 7.64. The summed E-state index contributed by atoms with van der Waals surface area (Å²) in [6, 6.07) is 10.8. The van der Waals surface area contributed by atoms with Gasteiger partial charge in [-0.05, 0) is 43.3 Å². The maximum Gasteiger partial charge on any atom is 0.328 e. The van der Waals surface area contributed by atoms with Gasteiger partial charge in [-0.25, -0.2) is 9.18 Å². The monoisotopic (exact) mass is 378 g/mol. The summed E-state index contributed by atoms with van der Waals surface area (Å²) in [5.41, 5.74) is 0.309. The molecule has 26 heavy (non-hydrogen) atoms. The number of anilines is 1. The van der Waals surface area contributed by atoms with Crippen LogP contribution in [0.2, 0.25) is 5.02 Å². The summed E-state index contributed by atoms with van der Waals surface area (Å²) in [5.74, 6) is -2.58. The molecule has 0 aliphatic heterocycles. The number of hydrogen-bond acceptors (Lipinski definition) is 4. The molecule has 0 bridgehead atoms. The molecule has 2 amide bonds. The van der Waals surface area contributed by atoms with Crippen LogP contribution in [0.1, 0.15) is 17.3 Å². The molecular formula is C18H16ClFN2O4. The summed E-state index contributed by atoms with van der Waals surface area (Å²) >= 11 is 5.74. The molecular weight excluding hydrogens is 363 g/mol. The average Bonchev–Trinajstić information content (AvgIpc) is 2.62. The molecule has 0 saturated carbocycles. The zero-order valence-electron chi connectivity index (χ0n) is 13.8. The smallest absolute Gasteiger partial charge is 0.328 e. The van der Waals surface area contributed by atoms with Crippen LogP contribution in [0, 0.1) is 5.82 Å². The van der Waals surface area contributed by atoms with Crippen molar-refractivity contribution in [2.45, 2.75) is 13.0 Å². The first-order chi connectivity index (χ1) is 12.4. The molecule has 136 valence electrons. The maximum atomic E-state index is 13.4. The third-order valence-electron chi connectivity index (χ3n) is 3.30. The van der Waals surface area contributed by atoms with E-state index >= 15 is 0 Å². The largest absolute Gasteiger partial charge is 0.454 e. The highest BCUT2D eigenvalue weighted by Crippen LogP contribution is 2.12. The van der Waals surface area contributed by atoms with Crippen LogP contribution in [0.3, 0.4) is 0 Å². The van der Waals surface area contributed by atoms with Crippen molar-refractivity contribution in [3.05, 3.63) is 64.9 Å². The van der Waals surface area contributed by atoms with Gasteiger partial charge in [-0.1, -0.05) is 23.7 Å². The Kier molecular flexibility index (Phi) is 6.68. The van der Waals surface area contributed by atoms with Gasteiger partial charge in [0.1, 0.15) is 11.9 Å². The molecule has 0 unspecified atom stereocenters. The van der Waals surface area contributed by atoms with Gasteiger partial charge in [0.25, 0.3) is 11.8 Å². The Morgan fingerprint density at radius 1 is 1.12 bits per heavy atom. The summed E-state index contributed by atoms with van der Waals surface area (Å²) in [5, 5.41) is 5.22. The van der Waals surface area contributed by atoms with Crippen LogP contribution in [0.5, 0.6) is 0 Å². The number of benzene rings is 2. The van der Waals surface area contributed by atoms with Gasteiger partial charge in [0, 0.05) is 10.6 Å². The van der Waals surface area contributed by atoms with Crippen molar-refractivity contribution >= 4 is 35.1 Å². The fraction of sp³-hybridized carbons (Fsp3) is 0.167. The normalized spacial score (nSPS) is 11.3. The SMILES string of the molecule is C[C@H](NC(=O)c1ccc(Cl)cc1)C(=O)OCC(=O)Nc1ccccc1F. The minimum atomic E-state index is -0.973. The van der Waals surface area contributed by atoms with Crippen molar-refractivity contribution in [1.82, 2.24) is 5.32 Å². The van der Waals surface area contributed by atoms with Gasteiger partial charge in [0.15, 0.2) is 6.61 Å². The summed E-state index contributed by atoms with van der Waals surface area (Å²) < 4.78 is 18.3. The maximum absolute atomic E-state index is 13.4. The van der Waals surface area contributed by atoms with Crippen LogP contribution >= 0.6 is 11.6 Å². The number of nitrogens with one attached hydrogen (secondary N) is 2. The van der Waals surface area contributed by atoms with E-state index in [1.807, 2.05) is 0 Å². The van der Waals surface area contributed by atoms with E-state index in [0.29, 0.717) is 10.6 Å². The highest BCUT2D eigenvalue weighted by molar-refractivity contribution is 6.30. The van der Waals surface area contributed by atoms with Gasteiger partial charge in [0.2, 0.25) is 0 Å². The van der Waals surface area contributed by atoms with Crippen LogP contribution in [0.25, 0.3) is 0 Å². The second-order valence-electron chi connectivity index (χ2n) is 5.34. The highest BCUT2D eigenvalue weighted by atomic mass is 35.5. The third-order valence-corrected chi connectivity index (χ3v) is 3.55. The number of ether oxygens (including phenoxy) is 1. The lowest BCUT2D eigenvalue weighted by Gasteiger charge is -2.13. The Hall–Kier alpha value is -2.93. The zero-order valence-corrected chi connectivity index (χ0v) is 14.5. The van der Waals surface area contributed by atoms with Crippen LogP contribution in [-0.4, -0.2) is 30.4 Å². The van der Waals surface area contributed by atoms with E-state index in [0.717, 1.165) is 0 Å². The lowest BCUT2D eigenvalue weighted by molar-refractivity contribution is -0.148. The summed E-state index contributed by atoms with van der Waals surface area (Å²) in [7, 11) is 0. The first kappa shape index (κ1) is 19.4. The average molecular weight is 379 g/mol. The van der Waals surface area contributed by atoms with E-state index in [4.69, 9.17) is 16.3 Å². The fourth-order valence-corrected chi connectivity index (χ4v) is 2.08. The summed E-state index contributed by atoms with van der Waals surface area (Å²) in [6.07, 6.45) is 0. The molecule has 0 fully saturated rings. The molecule has 0 aromatic heterocycles. The van der Waals surface area contributed by atoms with E-state index < -0.39 is 36.2 Å². The minimum Gasteiger partial charge on any atom is -0.454 e. The van der Waals surface area contributed by atoms with Crippen LogP contribution in [0.4, 0.5) is 10.1 Å². The predicted octanol–water partition coefficient (Wildman–Crippen LogP) is 2.78. The van der Waals surface area contributed by atoms with Crippen molar-refractivity contribution in [2.75, 3.05) is 11.9 Å². The zero-order chi connectivity index (χ0) is 19.1. The molecule has 0 radical (unpaired) electrons. The Morgan fingerprint density at radius 3 is 2.42 bits per heavy atom. The number of rotatable bonds is 6. The molecule has 1 atom stereocenters. The molecule has 2 rings (SSSR count). The number of hydrogen-bond donors (Lipinski definition) is 2. The lowest BCUT2D eigenvalue weighted by atomic mass is 10.2. The molecule has 0 spiro atoms. The number of amides is 2. The topological polar surface area (TPSA) is 84.5 Å². The highest BCUT2D eigenvalue weighted by Gasteiger charge is 2.19. The van der Waals surface area contributed by atoms with Crippen molar-refractivity contribution in [1.29, 1.82) is 0 Å². The standard InChI is InChI=1S/C18H16ClFN2O4/c1-11(21-17(24)12-6-8-13(19)9-7-12)18(25)26-10-16(23)22-15-5-3-2-4-14(15)20/h2-9,11H,10H2,1H3,(H,21,24)(H,22,23)/t11-/m0/s1. The Balaban J connectivity index is 1.81. The second kappa shape index (κ2) is 8.96. The Labute approximate surface area is 154 Å². The number of carbonyl (C=O) groups is 3. The van der Waals surface area contributed by atoms with Gasteiger partial charge in [0.05, 0.1) is 5.69 Å². The van der Waals surface area contributed by atoms with E-state index in [1.54, 1.807) is 18.2 Å². The van der Waals surface area contributed by atoms with Crippen LogP contribution in [-0.2, 0) is 14.3 Å². The van der Waals surface area contributed by atoms with Gasteiger partial charge >= 0.3 is 5.97 Å². The second-order valence-corrected chi connectivity index (χ2v) is 5.77. The van der Waals surface area contributed by atoms with Gasteiger partial charge in [-0.2, -0.15) is 0 Å². The molecule has 2 aromatic rings. The van der Waals surface area contributed by atoms with Crippen LogP contribution < -0.4 is 10.6 Å². The van der Waals surface area contributed by atoms with E-state index in [2.05, 4.69) is 10.6 Å². The van der Waals surface area contributed by atoms with Crippen molar-refractivity contribution in [3.8, 4) is 0 Å². The molecule has 0 aliphatic carbocycles. The summed E-state index contributed by atoms with van der Waals surface area (Å²) in [4.78, 5) is 35.6. The number of halogens is 2. The molecule has 8 heteroatoms. The number of esters is 1. The fourth-order valence-electron chi connectivity index (χ4n) is 1.95. The molecule has 6 nitrogen and oxygen atoms in total. The van der Waals surface area contributed by atoms with Crippen molar-refractivity contribution < 1.29 is 23.5 Å². The summed E-state index contributed by atoms with van der Waals surface area (Å²) in [6.45, 7) is 0.819. The lowest BCUT2D eigenvalue weighted by Crippen LogP contribution is -2.40. The van der Waals surface area contributed by atoms with Crippen molar-refractivity contribution in [3.63, 3.8) is 0 Å². The minimum absolute atomic E-state index is 0.0161.